The third kappa shape index (κ3) is 13.3. The van der Waals surface area contributed by atoms with Crippen LogP contribution in [-0.4, -0.2) is 107 Å². The molecule has 17 nitrogen and oxygen atoms in total. The molecule has 416 valence electrons. The van der Waals surface area contributed by atoms with E-state index in [4.69, 9.17) is 33.2 Å². The second-order valence-corrected chi connectivity index (χ2v) is 22.9. The van der Waals surface area contributed by atoms with Crippen LogP contribution in [0.3, 0.4) is 0 Å². The van der Waals surface area contributed by atoms with Gasteiger partial charge in [-0.15, -0.1) is 0 Å². The van der Waals surface area contributed by atoms with Gasteiger partial charge in [0, 0.05) is 145 Å². The summed E-state index contributed by atoms with van der Waals surface area (Å²) in [7, 11) is -3.66. The van der Waals surface area contributed by atoms with Crippen LogP contribution in [0.4, 0.5) is 46.0 Å². The molecule has 11 rings (SSSR count). The van der Waals surface area contributed by atoms with Gasteiger partial charge in [0.25, 0.3) is 0 Å². The standard InChI is InChI=1S/C62H59Cl2N13O4S/c1-41-37-47(63)38-42(2)59(41)82(80,81)77-35-33-76(34-36-77)53-21-17-51(18-22-53)70-62-66-28-26-56(73-62)44-9-13-49(14-10-44)68-58(79)24-23-57(78)67-48-11-7-43(8-12-48)55-25-27-65-61(72-55)69-50-15-19-52(20-16-50)75-31-29-74(30-32-75)40-46-39-45-5-3-4-6-54(45)71-60(46)64/h3-22,25-28,37-39H,23-24,29-36,40H2,1-2H3,(H,67,78)(H,68,79)(H,65,69,72)(H,66,70,73). The lowest BCUT2D eigenvalue weighted by Gasteiger charge is -2.36. The molecule has 2 fully saturated rings. The number of amides is 2. The van der Waals surface area contributed by atoms with Gasteiger partial charge in [0.15, 0.2) is 0 Å². The summed E-state index contributed by atoms with van der Waals surface area (Å²) in [5.41, 5.74) is 11.3. The Morgan fingerprint density at radius 2 is 1.00 bits per heavy atom. The molecule has 0 saturated carbocycles. The van der Waals surface area contributed by atoms with Crippen LogP contribution in [0.1, 0.15) is 29.5 Å². The number of fused-ring (bicyclic) bond motifs is 1. The first-order valence-corrected chi connectivity index (χ1v) is 29.2. The van der Waals surface area contributed by atoms with Crippen molar-refractivity contribution in [3.05, 3.63) is 191 Å². The largest absolute Gasteiger partial charge is 0.369 e. The van der Waals surface area contributed by atoms with Gasteiger partial charge in [-0.05, 0) is 134 Å². The van der Waals surface area contributed by atoms with Crippen LogP contribution in [0.5, 0.6) is 0 Å². The molecule has 5 heterocycles. The molecule has 3 aromatic heterocycles. The van der Waals surface area contributed by atoms with Crippen LogP contribution >= 0.6 is 23.2 Å². The lowest BCUT2D eigenvalue weighted by Crippen LogP contribution is -2.48. The summed E-state index contributed by atoms with van der Waals surface area (Å²) in [5, 5.41) is 14.6. The summed E-state index contributed by atoms with van der Waals surface area (Å²) in [6, 6.07) is 48.1. The summed E-state index contributed by atoms with van der Waals surface area (Å²) < 4.78 is 28.7. The molecule has 20 heteroatoms. The number of hydrogen-bond acceptors (Lipinski definition) is 14. The van der Waals surface area contributed by atoms with E-state index in [2.05, 4.69) is 75.2 Å². The Kier molecular flexibility index (Phi) is 16.7. The van der Waals surface area contributed by atoms with Crippen LogP contribution in [-0.2, 0) is 26.2 Å². The van der Waals surface area contributed by atoms with E-state index in [0.717, 1.165) is 88.8 Å². The van der Waals surface area contributed by atoms with Crippen molar-refractivity contribution in [2.45, 2.75) is 38.1 Å². The smallest absolute Gasteiger partial charge is 0.243 e. The predicted octanol–water partition coefficient (Wildman–Crippen LogP) is 11.8. The fraction of sp³-hybridized carbons (Fsp3) is 0.210. The number of halogens is 2. The molecule has 0 atom stereocenters. The molecule has 2 saturated heterocycles. The number of nitrogens with one attached hydrogen (secondary N) is 4. The second-order valence-electron chi connectivity index (χ2n) is 20.3. The quantitative estimate of drug-likeness (QED) is 0.0629. The van der Waals surface area contributed by atoms with Crippen molar-refractivity contribution in [2.24, 2.45) is 0 Å². The number of piperazine rings is 2. The summed E-state index contributed by atoms with van der Waals surface area (Å²) in [6.45, 7) is 9.79. The molecule has 82 heavy (non-hydrogen) atoms. The number of pyridine rings is 1. The van der Waals surface area contributed by atoms with Gasteiger partial charge in [0.1, 0.15) is 5.15 Å². The number of sulfonamides is 1. The van der Waals surface area contributed by atoms with Gasteiger partial charge in [-0.2, -0.15) is 4.31 Å². The van der Waals surface area contributed by atoms with Crippen LogP contribution in [0, 0.1) is 13.8 Å². The third-order valence-electron chi connectivity index (χ3n) is 14.6. The Labute approximate surface area is 486 Å². The van der Waals surface area contributed by atoms with Crippen LogP contribution in [0.2, 0.25) is 10.2 Å². The van der Waals surface area contributed by atoms with Crippen LogP contribution in [0.15, 0.2) is 169 Å². The van der Waals surface area contributed by atoms with Crippen molar-refractivity contribution in [3.63, 3.8) is 0 Å². The summed E-state index contributed by atoms with van der Waals surface area (Å²) in [5.74, 6) is 0.303. The predicted molar refractivity (Wildman–Crippen MR) is 327 cm³/mol. The van der Waals surface area contributed by atoms with Gasteiger partial charge in [-0.3, -0.25) is 14.5 Å². The molecule has 2 aliphatic rings. The Morgan fingerprint density at radius 1 is 0.537 bits per heavy atom. The van der Waals surface area contributed by atoms with Crippen molar-refractivity contribution in [1.29, 1.82) is 0 Å². The normalized spacial score (nSPS) is 14.1. The lowest BCUT2D eigenvalue weighted by atomic mass is 10.1. The number of aryl methyl sites for hydroxylation is 2. The molecule has 2 aliphatic heterocycles. The highest BCUT2D eigenvalue weighted by Gasteiger charge is 2.31. The molecule has 0 unspecified atom stereocenters. The Bertz CT molecular complexity index is 3860. The van der Waals surface area contributed by atoms with Gasteiger partial charge >= 0.3 is 0 Å². The van der Waals surface area contributed by atoms with Gasteiger partial charge in [-0.1, -0.05) is 65.7 Å². The zero-order chi connectivity index (χ0) is 56.7. The first-order chi connectivity index (χ1) is 39.8. The van der Waals surface area contributed by atoms with Gasteiger partial charge in [-0.25, -0.2) is 33.3 Å². The molecular formula is C62H59Cl2N13O4S. The fourth-order valence-electron chi connectivity index (χ4n) is 10.3. The first-order valence-electron chi connectivity index (χ1n) is 27.0. The highest BCUT2D eigenvalue weighted by atomic mass is 35.5. The molecule has 0 aliphatic carbocycles. The Balaban J connectivity index is 0.599. The second kappa shape index (κ2) is 24.7. The van der Waals surface area contributed by atoms with E-state index in [1.54, 1.807) is 54.8 Å². The summed E-state index contributed by atoms with van der Waals surface area (Å²) in [4.78, 5) is 56.1. The third-order valence-corrected chi connectivity index (χ3v) is 17.3. The number of hydrogen-bond donors (Lipinski definition) is 4. The zero-order valence-corrected chi connectivity index (χ0v) is 47.5. The van der Waals surface area contributed by atoms with E-state index in [0.29, 0.717) is 81.3 Å². The number of benzene rings is 6. The van der Waals surface area contributed by atoms with E-state index >= 15 is 0 Å². The highest BCUT2D eigenvalue weighted by molar-refractivity contribution is 7.89. The molecule has 0 spiro atoms. The minimum atomic E-state index is -3.66. The van der Waals surface area contributed by atoms with Crippen LogP contribution in [0.25, 0.3) is 33.4 Å². The highest BCUT2D eigenvalue weighted by Crippen LogP contribution is 2.31. The van der Waals surface area contributed by atoms with E-state index < -0.39 is 10.0 Å². The van der Waals surface area contributed by atoms with Crippen LogP contribution < -0.4 is 31.1 Å². The molecule has 0 bridgehead atoms. The van der Waals surface area contributed by atoms with Gasteiger partial charge in [0.2, 0.25) is 33.7 Å². The molecule has 9 aromatic rings. The topological polar surface area (TPSA) is 194 Å². The van der Waals surface area contributed by atoms with E-state index in [9.17, 15) is 18.0 Å². The van der Waals surface area contributed by atoms with Crippen molar-refractivity contribution in [3.8, 4) is 22.5 Å². The molecule has 2 amide bonds. The monoisotopic (exact) mass is 1150 g/mol. The maximum absolute atomic E-state index is 13.6. The summed E-state index contributed by atoms with van der Waals surface area (Å²) in [6.07, 6.45) is 3.38. The van der Waals surface area contributed by atoms with Crippen molar-refractivity contribution >= 4 is 102 Å². The molecule has 0 radical (unpaired) electrons. The summed E-state index contributed by atoms with van der Waals surface area (Å²) >= 11 is 12.7. The Hall–Kier alpha value is -8.52. The SMILES string of the molecule is Cc1cc(Cl)cc(C)c1S(=O)(=O)N1CCN(c2ccc(Nc3nccc(-c4ccc(NC(=O)CCC(=O)Nc5ccc(-c6ccnc(Nc7ccc(N8CCN(Cc9cc%10ccccc%10nc9Cl)CC8)cc7)n6)cc5)cc4)n3)cc2)CC1. The van der Waals surface area contributed by atoms with Gasteiger partial charge in [0.05, 0.1) is 21.8 Å². The number of rotatable bonds is 17. The maximum Gasteiger partial charge on any atom is 0.243 e. The number of anilines is 8. The van der Waals surface area contributed by atoms with E-state index in [1.807, 2.05) is 103 Å². The number of aromatic nitrogens is 5. The minimum absolute atomic E-state index is 0.00100. The van der Waals surface area contributed by atoms with Crippen molar-refractivity contribution in [1.82, 2.24) is 34.1 Å². The number of nitrogens with zero attached hydrogens (tertiary/aromatic N) is 9. The fourth-order valence-corrected chi connectivity index (χ4v) is 12.7. The van der Waals surface area contributed by atoms with Gasteiger partial charge < -0.3 is 31.1 Å². The van der Waals surface area contributed by atoms with E-state index in [-0.39, 0.29) is 24.7 Å². The zero-order valence-electron chi connectivity index (χ0n) is 45.2. The number of carbonyl (C=O) groups is 2. The molecule has 4 N–H and O–H groups in total. The van der Waals surface area contributed by atoms with E-state index in [1.165, 1.54) is 0 Å². The average Bonchev–Trinajstić information content (AvgIpc) is 3.63. The van der Waals surface area contributed by atoms with Crippen molar-refractivity contribution < 1.29 is 18.0 Å². The molecular weight excluding hydrogens is 1090 g/mol. The minimum Gasteiger partial charge on any atom is -0.369 e. The average molecular weight is 1150 g/mol. The lowest BCUT2D eigenvalue weighted by molar-refractivity contribution is -0.121. The first kappa shape index (κ1) is 55.4. The Morgan fingerprint density at radius 3 is 1.50 bits per heavy atom. The molecule has 6 aromatic carbocycles. The number of para-hydroxylation sites is 1. The maximum atomic E-state index is 13.6. The van der Waals surface area contributed by atoms with Crippen molar-refractivity contribution in [2.75, 3.05) is 83.4 Å². The number of carbonyl (C=O) groups excluding carboxylic acids is 2.